The number of hydrogen-bond acceptors (Lipinski definition) is 5. The highest BCUT2D eigenvalue weighted by atomic mass is 15.3. The van der Waals surface area contributed by atoms with Crippen LogP contribution >= 0.6 is 0 Å². The molecule has 3 heterocycles. The van der Waals surface area contributed by atoms with Crippen molar-refractivity contribution in [3.8, 4) is 0 Å². The first-order chi connectivity index (χ1) is 11.8. The Bertz CT molecular complexity index is 743. The molecule has 2 aromatic heterocycles. The van der Waals surface area contributed by atoms with E-state index in [9.17, 15) is 0 Å². The first-order valence-electron chi connectivity index (χ1n) is 9.15. The Morgan fingerprint density at radius 2 is 1.72 bits per heavy atom. The fourth-order valence-electron chi connectivity index (χ4n) is 3.34. The van der Waals surface area contributed by atoms with Crippen molar-refractivity contribution < 1.29 is 0 Å². The van der Waals surface area contributed by atoms with E-state index in [1.165, 1.54) is 11.3 Å². The molecule has 6 heteroatoms. The fourth-order valence-corrected chi connectivity index (χ4v) is 3.34. The molecule has 0 aliphatic carbocycles. The molecule has 0 bridgehead atoms. The van der Waals surface area contributed by atoms with Crippen LogP contribution in [0.2, 0.25) is 0 Å². The predicted octanol–water partition coefficient (Wildman–Crippen LogP) is 2.46. The van der Waals surface area contributed by atoms with E-state index in [-0.39, 0.29) is 0 Å². The number of anilines is 1. The van der Waals surface area contributed by atoms with Crippen molar-refractivity contribution in [3.05, 3.63) is 34.5 Å². The summed E-state index contributed by atoms with van der Waals surface area (Å²) in [6.45, 7) is 15.6. The summed E-state index contributed by atoms with van der Waals surface area (Å²) in [7, 11) is 2.17. The monoisotopic (exact) mass is 342 g/mol. The molecule has 3 rings (SSSR count). The second kappa shape index (κ2) is 7.12. The molecule has 1 aliphatic rings. The maximum atomic E-state index is 4.71. The molecule has 0 amide bonds. The molecule has 0 N–H and O–H groups in total. The summed E-state index contributed by atoms with van der Waals surface area (Å²) >= 11 is 0. The van der Waals surface area contributed by atoms with Gasteiger partial charge >= 0.3 is 0 Å². The summed E-state index contributed by atoms with van der Waals surface area (Å²) < 4.78 is 2.11. The van der Waals surface area contributed by atoms with E-state index in [1.54, 1.807) is 0 Å². The van der Waals surface area contributed by atoms with Crippen molar-refractivity contribution in [1.82, 2.24) is 24.6 Å². The van der Waals surface area contributed by atoms with Gasteiger partial charge in [0.25, 0.3) is 0 Å². The SMILES string of the molecule is Cc1nc(C(C)Cn2nc(C)c(C)c2C)cc(N2CCN(C)CC2)n1. The normalized spacial score (nSPS) is 17.1. The zero-order chi connectivity index (χ0) is 18.1. The summed E-state index contributed by atoms with van der Waals surface area (Å²) in [4.78, 5) is 14.1. The molecule has 0 saturated carbocycles. The van der Waals surface area contributed by atoms with E-state index in [2.05, 4.69) is 65.4 Å². The van der Waals surface area contributed by atoms with Crippen LogP contribution in [0.1, 0.15) is 41.3 Å². The minimum atomic E-state index is 0.297. The van der Waals surface area contributed by atoms with Gasteiger partial charge in [-0.3, -0.25) is 4.68 Å². The van der Waals surface area contributed by atoms with Gasteiger partial charge < -0.3 is 9.80 Å². The topological polar surface area (TPSA) is 50.1 Å². The highest BCUT2D eigenvalue weighted by molar-refractivity contribution is 5.41. The van der Waals surface area contributed by atoms with Crippen LogP contribution in [0.3, 0.4) is 0 Å². The Kier molecular flexibility index (Phi) is 5.08. The highest BCUT2D eigenvalue weighted by Crippen LogP contribution is 2.22. The van der Waals surface area contributed by atoms with E-state index in [0.29, 0.717) is 5.92 Å². The first kappa shape index (κ1) is 17.9. The van der Waals surface area contributed by atoms with Crippen LogP contribution in [-0.4, -0.2) is 57.9 Å². The summed E-state index contributed by atoms with van der Waals surface area (Å²) in [5, 5.41) is 4.68. The molecule has 136 valence electrons. The van der Waals surface area contributed by atoms with E-state index >= 15 is 0 Å². The Morgan fingerprint density at radius 1 is 1.04 bits per heavy atom. The minimum Gasteiger partial charge on any atom is -0.354 e. The van der Waals surface area contributed by atoms with Gasteiger partial charge in [0.2, 0.25) is 0 Å². The average Bonchev–Trinajstić information content (AvgIpc) is 2.82. The summed E-state index contributed by atoms with van der Waals surface area (Å²) in [5.74, 6) is 2.21. The van der Waals surface area contributed by atoms with Crippen LogP contribution in [0.4, 0.5) is 5.82 Å². The van der Waals surface area contributed by atoms with E-state index in [1.807, 2.05) is 6.92 Å². The van der Waals surface area contributed by atoms with Crippen LogP contribution in [0.15, 0.2) is 6.07 Å². The second-order valence-electron chi connectivity index (χ2n) is 7.37. The summed E-state index contributed by atoms with van der Waals surface area (Å²) in [5.41, 5.74) is 4.74. The molecule has 6 nitrogen and oxygen atoms in total. The molecular formula is C19H30N6. The summed E-state index contributed by atoms with van der Waals surface area (Å²) in [6, 6.07) is 2.17. The molecule has 1 unspecified atom stereocenters. The maximum Gasteiger partial charge on any atom is 0.132 e. The maximum absolute atomic E-state index is 4.71. The Balaban J connectivity index is 1.80. The Morgan fingerprint density at radius 3 is 2.32 bits per heavy atom. The van der Waals surface area contributed by atoms with Gasteiger partial charge in [-0.1, -0.05) is 6.92 Å². The van der Waals surface area contributed by atoms with Gasteiger partial charge in [-0.05, 0) is 40.3 Å². The molecule has 0 aromatic carbocycles. The number of hydrogen-bond donors (Lipinski definition) is 0. The first-order valence-corrected chi connectivity index (χ1v) is 9.15. The molecule has 1 fully saturated rings. The fraction of sp³-hybridized carbons (Fsp3) is 0.632. The van der Waals surface area contributed by atoms with Crippen LogP contribution in [0.5, 0.6) is 0 Å². The number of aromatic nitrogens is 4. The molecule has 25 heavy (non-hydrogen) atoms. The number of rotatable bonds is 4. The van der Waals surface area contributed by atoms with Crippen molar-refractivity contribution >= 4 is 5.82 Å². The zero-order valence-corrected chi connectivity index (χ0v) is 16.4. The third-order valence-corrected chi connectivity index (χ3v) is 5.37. The summed E-state index contributed by atoms with van der Waals surface area (Å²) in [6.07, 6.45) is 0. The van der Waals surface area contributed by atoms with Gasteiger partial charge in [-0.25, -0.2) is 9.97 Å². The minimum absolute atomic E-state index is 0.297. The third kappa shape index (κ3) is 3.84. The Labute approximate surface area is 150 Å². The lowest BCUT2D eigenvalue weighted by Gasteiger charge is -2.33. The van der Waals surface area contributed by atoms with Crippen LogP contribution < -0.4 is 4.90 Å². The van der Waals surface area contributed by atoms with Crippen molar-refractivity contribution in [1.29, 1.82) is 0 Å². The molecule has 1 atom stereocenters. The largest absolute Gasteiger partial charge is 0.354 e. The third-order valence-electron chi connectivity index (χ3n) is 5.37. The van der Waals surface area contributed by atoms with Gasteiger partial charge in [-0.2, -0.15) is 5.10 Å². The molecule has 1 aliphatic heterocycles. The van der Waals surface area contributed by atoms with Crippen LogP contribution in [-0.2, 0) is 6.54 Å². The van der Waals surface area contributed by atoms with Gasteiger partial charge in [0, 0.05) is 50.4 Å². The van der Waals surface area contributed by atoms with Crippen LogP contribution in [0, 0.1) is 27.7 Å². The van der Waals surface area contributed by atoms with Crippen molar-refractivity contribution in [2.75, 3.05) is 38.1 Å². The van der Waals surface area contributed by atoms with Gasteiger partial charge in [-0.15, -0.1) is 0 Å². The lowest BCUT2D eigenvalue weighted by atomic mass is 10.1. The quantitative estimate of drug-likeness (QED) is 0.854. The smallest absolute Gasteiger partial charge is 0.132 e. The lowest BCUT2D eigenvalue weighted by molar-refractivity contribution is 0.312. The average molecular weight is 342 g/mol. The number of aryl methyl sites for hydroxylation is 2. The van der Waals surface area contributed by atoms with Gasteiger partial charge in [0.15, 0.2) is 0 Å². The number of piperazine rings is 1. The van der Waals surface area contributed by atoms with Crippen LogP contribution in [0.25, 0.3) is 0 Å². The molecule has 0 spiro atoms. The van der Waals surface area contributed by atoms with Gasteiger partial charge in [0.05, 0.1) is 11.4 Å². The number of likely N-dealkylation sites (N-methyl/N-ethyl adjacent to an activating group) is 1. The highest BCUT2D eigenvalue weighted by Gasteiger charge is 2.19. The molecule has 1 saturated heterocycles. The number of nitrogens with zero attached hydrogens (tertiary/aromatic N) is 6. The molecular weight excluding hydrogens is 312 g/mol. The molecule has 0 radical (unpaired) electrons. The van der Waals surface area contributed by atoms with Crippen molar-refractivity contribution in [2.24, 2.45) is 0 Å². The van der Waals surface area contributed by atoms with E-state index < -0.39 is 0 Å². The van der Waals surface area contributed by atoms with Crippen molar-refractivity contribution in [2.45, 2.75) is 47.1 Å². The molecule has 2 aromatic rings. The zero-order valence-electron chi connectivity index (χ0n) is 16.4. The van der Waals surface area contributed by atoms with Crippen molar-refractivity contribution in [3.63, 3.8) is 0 Å². The lowest BCUT2D eigenvalue weighted by Crippen LogP contribution is -2.45. The predicted molar refractivity (Wildman–Crippen MR) is 101 cm³/mol. The van der Waals surface area contributed by atoms with E-state index in [0.717, 1.165) is 55.8 Å². The van der Waals surface area contributed by atoms with Gasteiger partial charge in [0.1, 0.15) is 11.6 Å². The Hall–Kier alpha value is -1.95. The second-order valence-corrected chi connectivity index (χ2v) is 7.37. The van der Waals surface area contributed by atoms with E-state index in [4.69, 9.17) is 4.98 Å². The standard InChI is InChI=1S/C19H30N6/c1-13(12-25-16(4)14(2)15(3)22-25)18-11-19(21-17(5)20-18)24-9-7-23(6)8-10-24/h11,13H,7-10,12H2,1-6H3.